The van der Waals surface area contributed by atoms with Gasteiger partial charge in [-0.25, -0.2) is 0 Å². The van der Waals surface area contributed by atoms with Gasteiger partial charge in [0.2, 0.25) is 0 Å². The predicted octanol–water partition coefficient (Wildman–Crippen LogP) is 3.14. The van der Waals surface area contributed by atoms with Crippen molar-refractivity contribution in [2.45, 2.75) is 13.8 Å². The number of nitrogens with one attached hydrogen (secondary N) is 1. The van der Waals surface area contributed by atoms with E-state index in [0.717, 1.165) is 48.3 Å². The van der Waals surface area contributed by atoms with Gasteiger partial charge in [0, 0.05) is 55.2 Å². The minimum Gasteiger partial charge on any atom is -0.368 e. The lowest BCUT2D eigenvalue weighted by Crippen LogP contribution is -2.49. The molecule has 1 fully saturated rings. The first kappa shape index (κ1) is 15.7. The van der Waals surface area contributed by atoms with Crippen molar-refractivity contribution in [3.8, 4) is 0 Å². The van der Waals surface area contributed by atoms with Gasteiger partial charge < -0.3 is 14.8 Å². The zero-order valence-corrected chi connectivity index (χ0v) is 14.6. The average Bonchev–Trinajstić information content (AvgIpc) is 2.98. The van der Waals surface area contributed by atoms with Crippen molar-refractivity contribution in [1.29, 1.82) is 0 Å². The van der Waals surface area contributed by atoms with Crippen LogP contribution in [0.3, 0.4) is 0 Å². The fourth-order valence-corrected chi connectivity index (χ4v) is 3.54. The Kier molecular flexibility index (Phi) is 3.92. The molecular weight excluding hydrogens is 312 g/mol. The molecule has 0 radical (unpaired) electrons. The third-order valence-electron chi connectivity index (χ3n) is 5.02. The number of aromatic amines is 1. The van der Waals surface area contributed by atoms with Crippen LogP contribution in [-0.4, -0.2) is 47.0 Å². The summed E-state index contributed by atoms with van der Waals surface area (Å²) in [5.74, 6) is 0.0979. The number of H-pyrrole nitrogens is 1. The predicted molar refractivity (Wildman–Crippen MR) is 100 cm³/mol. The van der Waals surface area contributed by atoms with Crippen molar-refractivity contribution >= 4 is 22.5 Å². The van der Waals surface area contributed by atoms with Gasteiger partial charge >= 0.3 is 0 Å². The third-order valence-corrected chi connectivity index (χ3v) is 5.02. The number of fused-ring (bicyclic) bond motifs is 1. The van der Waals surface area contributed by atoms with E-state index < -0.39 is 0 Å². The van der Waals surface area contributed by atoms with E-state index in [2.05, 4.69) is 40.0 Å². The molecule has 0 bridgehead atoms. The lowest BCUT2D eigenvalue weighted by molar-refractivity contribution is 0.0741. The van der Waals surface area contributed by atoms with Crippen LogP contribution >= 0.6 is 0 Å². The normalized spacial score (nSPS) is 15.0. The molecule has 1 amide bonds. The quantitative estimate of drug-likeness (QED) is 0.783. The Morgan fingerprint density at radius 3 is 2.48 bits per heavy atom. The van der Waals surface area contributed by atoms with E-state index in [-0.39, 0.29) is 5.91 Å². The van der Waals surface area contributed by atoms with Crippen LogP contribution in [0.1, 0.15) is 21.6 Å². The molecular formula is C20H22N4O. The van der Waals surface area contributed by atoms with Crippen LogP contribution < -0.4 is 4.90 Å². The van der Waals surface area contributed by atoms with Gasteiger partial charge in [-0.2, -0.15) is 0 Å². The summed E-state index contributed by atoms with van der Waals surface area (Å²) in [5.41, 5.74) is 5.17. The molecule has 0 unspecified atom stereocenters. The lowest BCUT2D eigenvalue weighted by Gasteiger charge is -2.36. The number of benzene rings is 1. The van der Waals surface area contributed by atoms with Crippen LogP contribution in [0.25, 0.3) is 10.9 Å². The van der Waals surface area contributed by atoms with Crippen LogP contribution in [0, 0.1) is 13.8 Å². The fraction of sp³-hybridized carbons (Fsp3) is 0.300. The van der Waals surface area contributed by atoms with Crippen LogP contribution in [-0.2, 0) is 0 Å². The number of hydrogen-bond donors (Lipinski definition) is 1. The molecule has 1 N–H and O–H groups in total. The third kappa shape index (κ3) is 2.86. The highest BCUT2D eigenvalue weighted by Gasteiger charge is 2.25. The number of carbonyl (C=O) groups is 1. The van der Waals surface area contributed by atoms with E-state index in [1.54, 1.807) is 0 Å². The standard InChI is InChI=1S/C20H22N4O/c1-14-3-4-18-17(13-14)15(2)19(22-18)20(25)24-11-9-23(10-12-24)16-5-7-21-8-6-16/h3-8,13,22H,9-12H2,1-2H3. The van der Waals surface area contributed by atoms with Gasteiger partial charge in [-0.3, -0.25) is 9.78 Å². The number of anilines is 1. The van der Waals surface area contributed by atoms with E-state index in [1.807, 2.05) is 36.4 Å². The molecule has 5 heteroatoms. The first-order chi connectivity index (χ1) is 12.1. The molecule has 5 nitrogen and oxygen atoms in total. The lowest BCUT2D eigenvalue weighted by atomic mass is 10.1. The monoisotopic (exact) mass is 334 g/mol. The molecule has 25 heavy (non-hydrogen) atoms. The molecule has 0 spiro atoms. The summed E-state index contributed by atoms with van der Waals surface area (Å²) in [5, 5.41) is 1.14. The summed E-state index contributed by atoms with van der Waals surface area (Å²) in [6.45, 7) is 7.25. The maximum Gasteiger partial charge on any atom is 0.270 e. The Hall–Kier alpha value is -2.82. The van der Waals surface area contributed by atoms with Gasteiger partial charge in [0.15, 0.2) is 0 Å². The summed E-state index contributed by atoms with van der Waals surface area (Å²) in [7, 11) is 0. The molecule has 3 heterocycles. The minimum atomic E-state index is 0.0979. The van der Waals surface area contributed by atoms with Crippen molar-refractivity contribution in [2.24, 2.45) is 0 Å². The highest BCUT2D eigenvalue weighted by atomic mass is 16.2. The molecule has 3 aromatic rings. The highest BCUT2D eigenvalue weighted by molar-refractivity contribution is 6.01. The molecule has 1 aliphatic rings. The molecule has 1 aliphatic heterocycles. The Morgan fingerprint density at radius 2 is 1.76 bits per heavy atom. The first-order valence-corrected chi connectivity index (χ1v) is 8.66. The van der Waals surface area contributed by atoms with Crippen molar-refractivity contribution in [3.05, 3.63) is 59.5 Å². The number of carbonyl (C=O) groups excluding carboxylic acids is 1. The highest BCUT2D eigenvalue weighted by Crippen LogP contribution is 2.24. The number of nitrogens with zero attached hydrogens (tertiary/aromatic N) is 3. The van der Waals surface area contributed by atoms with E-state index in [1.165, 1.54) is 11.3 Å². The molecule has 0 aliphatic carbocycles. The summed E-state index contributed by atoms with van der Waals surface area (Å²) < 4.78 is 0. The van der Waals surface area contributed by atoms with Crippen molar-refractivity contribution in [2.75, 3.05) is 31.1 Å². The molecule has 4 rings (SSSR count). The number of aryl methyl sites for hydroxylation is 2. The van der Waals surface area contributed by atoms with Gasteiger partial charge in [0.25, 0.3) is 5.91 Å². The Labute approximate surface area is 147 Å². The number of hydrogen-bond acceptors (Lipinski definition) is 3. The maximum absolute atomic E-state index is 13.0. The van der Waals surface area contributed by atoms with Gasteiger partial charge in [0.1, 0.15) is 5.69 Å². The molecule has 2 aromatic heterocycles. The zero-order chi connectivity index (χ0) is 17.4. The van der Waals surface area contributed by atoms with E-state index >= 15 is 0 Å². The smallest absolute Gasteiger partial charge is 0.270 e. The molecule has 0 saturated carbocycles. The molecule has 0 atom stereocenters. The summed E-state index contributed by atoms with van der Waals surface area (Å²) in [6, 6.07) is 10.3. The maximum atomic E-state index is 13.0. The number of amides is 1. The van der Waals surface area contributed by atoms with Gasteiger partial charge in [-0.05, 0) is 43.7 Å². The van der Waals surface area contributed by atoms with Crippen LogP contribution in [0.5, 0.6) is 0 Å². The minimum absolute atomic E-state index is 0.0979. The Balaban J connectivity index is 1.52. The van der Waals surface area contributed by atoms with Crippen molar-refractivity contribution < 1.29 is 4.79 Å². The number of piperazine rings is 1. The van der Waals surface area contributed by atoms with Crippen molar-refractivity contribution in [1.82, 2.24) is 14.9 Å². The van der Waals surface area contributed by atoms with Crippen molar-refractivity contribution in [3.63, 3.8) is 0 Å². The average molecular weight is 334 g/mol. The second-order valence-electron chi connectivity index (χ2n) is 6.66. The Morgan fingerprint density at radius 1 is 1.04 bits per heavy atom. The summed E-state index contributed by atoms with van der Waals surface area (Å²) in [4.78, 5) is 24.6. The fourth-order valence-electron chi connectivity index (χ4n) is 3.54. The van der Waals surface area contributed by atoms with Gasteiger partial charge in [-0.15, -0.1) is 0 Å². The molecule has 128 valence electrons. The van der Waals surface area contributed by atoms with Crippen LogP contribution in [0.2, 0.25) is 0 Å². The SMILES string of the molecule is Cc1ccc2[nH]c(C(=O)N3CCN(c4ccncc4)CC3)c(C)c2c1. The van der Waals surface area contributed by atoms with Gasteiger partial charge in [-0.1, -0.05) is 11.6 Å². The second-order valence-corrected chi connectivity index (χ2v) is 6.66. The molecule has 1 saturated heterocycles. The summed E-state index contributed by atoms with van der Waals surface area (Å²) >= 11 is 0. The largest absolute Gasteiger partial charge is 0.368 e. The number of pyridine rings is 1. The van der Waals surface area contributed by atoms with E-state index in [9.17, 15) is 4.79 Å². The topological polar surface area (TPSA) is 52.2 Å². The summed E-state index contributed by atoms with van der Waals surface area (Å²) in [6.07, 6.45) is 3.62. The van der Waals surface area contributed by atoms with Crippen LogP contribution in [0.15, 0.2) is 42.7 Å². The second kappa shape index (κ2) is 6.24. The Bertz CT molecular complexity index is 908. The zero-order valence-electron chi connectivity index (χ0n) is 14.6. The van der Waals surface area contributed by atoms with Gasteiger partial charge in [0.05, 0.1) is 0 Å². The van der Waals surface area contributed by atoms with Crippen LogP contribution in [0.4, 0.5) is 5.69 Å². The van der Waals surface area contributed by atoms with E-state index in [4.69, 9.17) is 0 Å². The molecule has 1 aromatic carbocycles. The number of rotatable bonds is 2. The van der Waals surface area contributed by atoms with E-state index in [0.29, 0.717) is 0 Å². The first-order valence-electron chi connectivity index (χ1n) is 8.66. The number of aromatic nitrogens is 2.